The van der Waals surface area contributed by atoms with E-state index in [9.17, 15) is 14.4 Å². The molecule has 2 rings (SSSR count). The van der Waals surface area contributed by atoms with Gasteiger partial charge in [-0.15, -0.1) is 0 Å². The van der Waals surface area contributed by atoms with Gasteiger partial charge in [0.05, 0.1) is 39.6 Å². The van der Waals surface area contributed by atoms with E-state index < -0.39 is 17.8 Å². The molecule has 0 atom stereocenters. The molecule has 142 valence electrons. The molecule has 0 bridgehead atoms. The highest BCUT2D eigenvalue weighted by molar-refractivity contribution is 6.09. The average molecular weight is 373 g/mol. The molecule has 8 heteroatoms. The van der Waals surface area contributed by atoms with Gasteiger partial charge in [0.2, 0.25) is 0 Å². The highest BCUT2D eigenvalue weighted by Crippen LogP contribution is 2.29. The second-order valence-corrected chi connectivity index (χ2v) is 5.27. The van der Waals surface area contributed by atoms with Gasteiger partial charge >= 0.3 is 11.9 Å². The number of esters is 2. The van der Waals surface area contributed by atoms with Crippen LogP contribution in [0.3, 0.4) is 0 Å². The average Bonchev–Trinajstić information content (AvgIpc) is 2.71. The van der Waals surface area contributed by atoms with Crippen molar-refractivity contribution in [2.75, 3.05) is 33.8 Å². The summed E-state index contributed by atoms with van der Waals surface area (Å²) >= 11 is 0. The molecule has 0 aliphatic carbocycles. The zero-order valence-corrected chi connectivity index (χ0v) is 15.3. The Morgan fingerprint density at radius 3 is 1.67 bits per heavy atom. The Morgan fingerprint density at radius 2 is 1.26 bits per heavy atom. The Hall–Kier alpha value is -3.55. The number of carbonyl (C=O) groups excluding carboxylic acids is 3. The lowest BCUT2D eigenvalue weighted by molar-refractivity contribution is 0.0599. The zero-order chi connectivity index (χ0) is 20.0. The van der Waals surface area contributed by atoms with Gasteiger partial charge < -0.3 is 24.3 Å². The number of anilines is 1. The second-order valence-electron chi connectivity index (χ2n) is 5.27. The van der Waals surface area contributed by atoms with Crippen molar-refractivity contribution in [3.8, 4) is 11.5 Å². The van der Waals surface area contributed by atoms with Crippen LogP contribution in [0, 0.1) is 0 Å². The predicted octanol–water partition coefficient (Wildman–Crippen LogP) is 2.53. The van der Waals surface area contributed by atoms with Crippen LogP contribution in [0.1, 0.15) is 31.1 Å². The van der Waals surface area contributed by atoms with E-state index >= 15 is 0 Å². The van der Waals surface area contributed by atoms with Gasteiger partial charge in [-0.1, -0.05) is 6.07 Å². The first-order valence-electron chi connectivity index (χ1n) is 7.79. The fourth-order valence-electron chi connectivity index (χ4n) is 2.44. The Morgan fingerprint density at radius 1 is 0.778 bits per heavy atom. The number of hydrogen-bond donors (Lipinski definition) is 1. The fourth-order valence-corrected chi connectivity index (χ4v) is 2.44. The maximum absolute atomic E-state index is 12.8. The number of hydrogen-bond acceptors (Lipinski definition) is 7. The zero-order valence-electron chi connectivity index (χ0n) is 15.3. The molecule has 1 N–H and O–H groups in total. The van der Waals surface area contributed by atoms with Crippen LogP contribution in [-0.2, 0) is 9.47 Å². The maximum Gasteiger partial charge on any atom is 0.337 e. The first-order chi connectivity index (χ1) is 12.9. The molecular weight excluding hydrogens is 354 g/mol. The van der Waals surface area contributed by atoms with Crippen LogP contribution < -0.4 is 14.8 Å². The minimum absolute atomic E-state index is 0.0858. The predicted molar refractivity (Wildman–Crippen MR) is 96.6 cm³/mol. The van der Waals surface area contributed by atoms with Gasteiger partial charge in [-0.3, -0.25) is 4.79 Å². The van der Waals surface area contributed by atoms with E-state index in [-0.39, 0.29) is 22.4 Å². The van der Waals surface area contributed by atoms with Gasteiger partial charge in [-0.2, -0.15) is 0 Å². The van der Waals surface area contributed by atoms with Gasteiger partial charge in [-0.05, 0) is 30.3 Å². The largest absolute Gasteiger partial charge is 0.496 e. The van der Waals surface area contributed by atoms with E-state index in [1.54, 1.807) is 18.2 Å². The fraction of sp³-hybridized carbons (Fsp3) is 0.211. The Kier molecular flexibility index (Phi) is 6.37. The number of carbonyl (C=O) groups is 3. The molecule has 0 saturated heterocycles. The molecule has 1 amide bonds. The molecular formula is C19H19NO7. The third-order valence-electron chi connectivity index (χ3n) is 3.69. The normalized spacial score (nSPS) is 9.93. The minimum atomic E-state index is -0.661. The Labute approximate surface area is 156 Å². The topological polar surface area (TPSA) is 100 Å². The van der Waals surface area contributed by atoms with Crippen molar-refractivity contribution in [1.82, 2.24) is 0 Å². The lowest BCUT2D eigenvalue weighted by Crippen LogP contribution is -2.16. The first-order valence-corrected chi connectivity index (χ1v) is 7.79. The van der Waals surface area contributed by atoms with Crippen LogP contribution in [0.5, 0.6) is 11.5 Å². The molecule has 2 aromatic rings. The Balaban J connectivity index is 2.46. The second kappa shape index (κ2) is 8.70. The standard InChI is InChI=1S/C19H19NO7/c1-24-14-6-5-7-15(25-2)16(14)17(21)20-13-9-11(18(22)26-3)8-12(10-13)19(23)27-4/h5-10H,1-4H3,(H,20,21). The van der Waals surface area contributed by atoms with Crippen molar-refractivity contribution in [3.63, 3.8) is 0 Å². The summed E-state index contributed by atoms with van der Waals surface area (Å²) in [6.07, 6.45) is 0. The molecule has 0 aliphatic rings. The summed E-state index contributed by atoms with van der Waals surface area (Å²) in [7, 11) is 5.29. The molecule has 0 fully saturated rings. The van der Waals surface area contributed by atoms with E-state index in [0.717, 1.165) is 0 Å². The molecule has 0 spiro atoms. The summed E-state index contributed by atoms with van der Waals surface area (Å²) in [5.74, 6) is -1.24. The summed E-state index contributed by atoms with van der Waals surface area (Å²) in [6, 6.07) is 9.00. The van der Waals surface area contributed by atoms with Crippen LogP contribution in [0.4, 0.5) is 5.69 Å². The number of benzene rings is 2. The quantitative estimate of drug-likeness (QED) is 0.777. The SMILES string of the molecule is COC(=O)c1cc(NC(=O)c2c(OC)cccc2OC)cc(C(=O)OC)c1. The molecule has 0 unspecified atom stereocenters. The number of ether oxygens (including phenoxy) is 4. The van der Waals surface area contributed by atoms with E-state index in [1.807, 2.05) is 0 Å². The van der Waals surface area contributed by atoms with E-state index in [1.165, 1.54) is 46.6 Å². The van der Waals surface area contributed by atoms with Gasteiger partial charge in [0.15, 0.2) is 0 Å². The van der Waals surface area contributed by atoms with E-state index in [2.05, 4.69) is 14.8 Å². The van der Waals surface area contributed by atoms with Gasteiger partial charge in [-0.25, -0.2) is 9.59 Å². The lowest BCUT2D eigenvalue weighted by Gasteiger charge is -2.14. The number of methoxy groups -OCH3 is 4. The van der Waals surface area contributed by atoms with Crippen molar-refractivity contribution < 1.29 is 33.3 Å². The first kappa shape index (κ1) is 19.8. The van der Waals surface area contributed by atoms with Crippen LogP contribution in [0.15, 0.2) is 36.4 Å². The van der Waals surface area contributed by atoms with Crippen LogP contribution in [0.25, 0.3) is 0 Å². The molecule has 27 heavy (non-hydrogen) atoms. The van der Waals surface area contributed by atoms with Gasteiger partial charge in [0.25, 0.3) is 5.91 Å². The van der Waals surface area contributed by atoms with Crippen LogP contribution in [-0.4, -0.2) is 46.3 Å². The van der Waals surface area contributed by atoms with Gasteiger partial charge in [0.1, 0.15) is 17.1 Å². The lowest BCUT2D eigenvalue weighted by atomic mass is 10.1. The minimum Gasteiger partial charge on any atom is -0.496 e. The monoisotopic (exact) mass is 373 g/mol. The van der Waals surface area contributed by atoms with Crippen molar-refractivity contribution in [2.24, 2.45) is 0 Å². The van der Waals surface area contributed by atoms with Gasteiger partial charge in [0, 0.05) is 5.69 Å². The maximum atomic E-state index is 12.8. The molecule has 0 heterocycles. The van der Waals surface area contributed by atoms with Crippen molar-refractivity contribution in [3.05, 3.63) is 53.1 Å². The highest BCUT2D eigenvalue weighted by Gasteiger charge is 2.20. The third kappa shape index (κ3) is 4.35. The smallest absolute Gasteiger partial charge is 0.337 e. The van der Waals surface area contributed by atoms with Crippen molar-refractivity contribution in [1.29, 1.82) is 0 Å². The molecule has 0 radical (unpaired) electrons. The van der Waals surface area contributed by atoms with Crippen LogP contribution >= 0.6 is 0 Å². The van der Waals surface area contributed by atoms with E-state index in [0.29, 0.717) is 11.5 Å². The molecule has 0 aromatic heterocycles. The number of amides is 1. The van der Waals surface area contributed by atoms with E-state index in [4.69, 9.17) is 9.47 Å². The summed E-state index contributed by atoms with van der Waals surface area (Å²) in [5.41, 5.74) is 0.548. The third-order valence-corrected chi connectivity index (χ3v) is 3.69. The highest BCUT2D eigenvalue weighted by atomic mass is 16.5. The molecule has 2 aromatic carbocycles. The van der Waals surface area contributed by atoms with Crippen molar-refractivity contribution >= 4 is 23.5 Å². The summed E-state index contributed by atoms with van der Waals surface area (Å²) in [4.78, 5) is 36.5. The molecule has 0 saturated carbocycles. The number of nitrogens with one attached hydrogen (secondary N) is 1. The summed E-state index contributed by atoms with van der Waals surface area (Å²) < 4.78 is 19.8. The molecule has 0 aliphatic heterocycles. The molecule has 8 nitrogen and oxygen atoms in total. The Bertz CT molecular complexity index is 820. The van der Waals surface area contributed by atoms with Crippen molar-refractivity contribution in [2.45, 2.75) is 0 Å². The number of rotatable bonds is 6. The summed E-state index contributed by atoms with van der Waals surface area (Å²) in [5, 5.41) is 2.63. The van der Waals surface area contributed by atoms with Crippen LogP contribution in [0.2, 0.25) is 0 Å². The summed E-state index contributed by atoms with van der Waals surface area (Å²) in [6.45, 7) is 0.